The summed E-state index contributed by atoms with van der Waals surface area (Å²) in [6.45, 7) is 6.64. The highest BCUT2D eigenvalue weighted by Gasteiger charge is 2.18. The number of anilines is 4. The summed E-state index contributed by atoms with van der Waals surface area (Å²) in [4.78, 5) is 4.86. The molecule has 0 aliphatic heterocycles. The summed E-state index contributed by atoms with van der Waals surface area (Å²) in [7, 11) is 0. The summed E-state index contributed by atoms with van der Waals surface area (Å²) in [5.41, 5.74) is 4.88. The van der Waals surface area contributed by atoms with Gasteiger partial charge in [0.15, 0.2) is 0 Å². The van der Waals surface area contributed by atoms with Gasteiger partial charge in [-0.3, -0.25) is 0 Å². The van der Waals surface area contributed by atoms with E-state index in [1.807, 2.05) is 0 Å². The minimum Gasteiger partial charge on any atom is -0.370 e. The van der Waals surface area contributed by atoms with Crippen molar-refractivity contribution in [3.8, 4) is 0 Å². The average molecular weight is 345 g/mol. The molecule has 0 atom stereocenters. The number of hydrogen-bond donors (Lipinski definition) is 0. The highest BCUT2D eigenvalue weighted by molar-refractivity contribution is 5.84. The number of hydrogen-bond acceptors (Lipinski definition) is 2. The van der Waals surface area contributed by atoms with E-state index in [2.05, 4.69) is 109 Å². The Labute approximate surface area is 157 Å². The highest BCUT2D eigenvalue weighted by Crippen LogP contribution is 2.40. The molecule has 0 saturated carbocycles. The van der Waals surface area contributed by atoms with Crippen LogP contribution in [-0.4, -0.2) is 13.1 Å². The van der Waals surface area contributed by atoms with Gasteiger partial charge in [-0.15, -0.1) is 0 Å². The SMILES string of the molecule is CCCN(CCC)c1ccccc1N(c1ccccc1)c1ccccc1. The molecule has 3 rings (SSSR count). The van der Waals surface area contributed by atoms with Crippen LogP contribution in [0.1, 0.15) is 26.7 Å². The Bertz CT molecular complexity index is 738. The van der Waals surface area contributed by atoms with Crippen LogP contribution in [0.4, 0.5) is 22.7 Å². The summed E-state index contributed by atoms with van der Waals surface area (Å²) in [5, 5.41) is 0. The van der Waals surface area contributed by atoms with E-state index in [4.69, 9.17) is 0 Å². The first-order chi connectivity index (χ1) is 12.8. The quantitative estimate of drug-likeness (QED) is 0.444. The van der Waals surface area contributed by atoms with E-state index >= 15 is 0 Å². The van der Waals surface area contributed by atoms with E-state index in [9.17, 15) is 0 Å². The van der Waals surface area contributed by atoms with Crippen molar-refractivity contribution in [3.05, 3.63) is 84.9 Å². The molecule has 0 aliphatic rings. The molecule has 0 saturated heterocycles. The first-order valence-corrected chi connectivity index (χ1v) is 9.59. The van der Waals surface area contributed by atoms with Crippen LogP contribution in [-0.2, 0) is 0 Å². The smallest absolute Gasteiger partial charge is 0.0695 e. The number of nitrogens with zero attached hydrogens (tertiary/aromatic N) is 2. The van der Waals surface area contributed by atoms with Gasteiger partial charge in [0.05, 0.1) is 11.4 Å². The zero-order chi connectivity index (χ0) is 18.2. The third kappa shape index (κ3) is 4.08. The van der Waals surface area contributed by atoms with E-state index in [0.717, 1.165) is 25.9 Å². The molecule has 0 bridgehead atoms. The van der Waals surface area contributed by atoms with Gasteiger partial charge in [0.2, 0.25) is 0 Å². The third-order valence-electron chi connectivity index (χ3n) is 4.48. The van der Waals surface area contributed by atoms with Crippen molar-refractivity contribution >= 4 is 22.7 Å². The maximum atomic E-state index is 2.51. The van der Waals surface area contributed by atoms with Crippen molar-refractivity contribution in [3.63, 3.8) is 0 Å². The molecule has 0 heterocycles. The van der Waals surface area contributed by atoms with Crippen LogP contribution in [0.5, 0.6) is 0 Å². The predicted molar refractivity (Wildman–Crippen MR) is 114 cm³/mol. The highest BCUT2D eigenvalue weighted by atomic mass is 15.2. The Hall–Kier alpha value is -2.74. The molecule has 3 aromatic carbocycles. The number of rotatable bonds is 8. The van der Waals surface area contributed by atoms with Crippen molar-refractivity contribution in [1.82, 2.24) is 0 Å². The molecular weight excluding hydrogens is 316 g/mol. The molecule has 134 valence electrons. The van der Waals surface area contributed by atoms with E-state index < -0.39 is 0 Å². The van der Waals surface area contributed by atoms with Gasteiger partial charge in [-0.1, -0.05) is 62.4 Å². The van der Waals surface area contributed by atoms with Crippen molar-refractivity contribution in [2.75, 3.05) is 22.9 Å². The summed E-state index contributed by atoms with van der Waals surface area (Å²) in [6, 6.07) is 30.0. The molecule has 2 nitrogen and oxygen atoms in total. The molecule has 0 radical (unpaired) electrons. The fraction of sp³-hybridized carbons (Fsp3) is 0.250. The lowest BCUT2D eigenvalue weighted by molar-refractivity contribution is 0.745. The van der Waals surface area contributed by atoms with Crippen molar-refractivity contribution in [2.45, 2.75) is 26.7 Å². The van der Waals surface area contributed by atoms with Gasteiger partial charge in [-0.05, 0) is 49.2 Å². The topological polar surface area (TPSA) is 6.48 Å². The Morgan fingerprint density at radius 3 is 1.42 bits per heavy atom. The molecule has 0 N–H and O–H groups in total. The van der Waals surface area contributed by atoms with E-state index in [1.54, 1.807) is 0 Å². The van der Waals surface area contributed by atoms with Crippen LogP contribution in [0.3, 0.4) is 0 Å². The van der Waals surface area contributed by atoms with E-state index in [0.29, 0.717) is 0 Å². The maximum absolute atomic E-state index is 2.51. The second-order valence-corrected chi connectivity index (χ2v) is 6.48. The lowest BCUT2D eigenvalue weighted by Crippen LogP contribution is -2.26. The second kappa shape index (κ2) is 9.10. The van der Waals surface area contributed by atoms with E-state index in [1.165, 1.54) is 22.7 Å². The standard InChI is InChI=1S/C24H28N2/c1-3-19-25(20-4-2)23-17-11-12-18-24(23)26(21-13-7-5-8-14-21)22-15-9-6-10-16-22/h5-18H,3-4,19-20H2,1-2H3. The first-order valence-electron chi connectivity index (χ1n) is 9.59. The van der Waals surface area contributed by atoms with Gasteiger partial charge < -0.3 is 9.80 Å². The van der Waals surface area contributed by atoms with Gasteiger partial charge in [-0.2, -0.15) is 0 Å². The number of benzene rings is 3. The van der Waals surface area contributed by atoms with Gasteiger partial charge >= 0.3 is 0 Å². The average Bonchev–Trinajstić information content (AvgIpc) is 2.70. The minimum atomic E-state index is 1.07. The van der Waals surface area contributed by atoms with Crippen LogP contribution < -0.4 is 9.80 Å². The second-order valence-electron chi connectivity index (χ2n) is 6.48. The van der Waals surface area contributed by atoms with Crippen molar-refractivity contribution < 1.29 is 0 Å². The molecule has 0 aliphatic carbocycles. The minimum absolute atomic E-state index is 1.07. The number of para-hydroxylation sites is 4. The molecule has 0 amide bonds. The first kappa shape index (κ1) is 18.1. The molecule has 3 aromatic rings. The Kier molecular flexibility index (Phi) is 6.32. The molecule has 2 heteroatoms. The molecule has 0 spiro atoms. The molecule has 0 fully saturated rings. The van der Waals surface area contributed by atoms with Crippen LogP contribution >= 0.6 is 0 Å². The van der Waals surface area contributed by atoms with Crippen molar-refractivity contribution in [2.24, 2.45) is 0 Å². The van der Waals surface area contributed by atoms with Crippen molar-refractivity contribution in [1.29, 1.82) is 0 Å². The summed E-state index contributed by atoms with van der Waals surface area (Å²) >= 11 is 0. The summed E-state index contributed by atoms with van der Waals surface area (Å²) in [6.07, 6.45) is 2.29. The zero-order valence-corrected chi connectivity index (χ0v) is 15.8. The van der Waals surface area contributed by atoms with Gasteiger partial charge in [0, 0.05) is 24.5 Å². The van der Waals surface area contributed by atoms with Crippen LogP contribution in [0.15, 0.2) is 84.9 Å². The van der Waals surface area contributed by atoms with Gasteiger partial charge in [-0.25, -0.2) is 0 Å². The third-order valence-corrected chi connectivity index (χ3v) is 4.48. The van der Waals surface area contributed by atoms with Crippen LogP contribution in [0.25, 0.3) is 0 Å². The Morgan fingerprint density at radius 2 is 0.962 bits per heavy atom. The normalized spacial score (nSPS) is 10.5. The van der Waals surface area contributed by atoms with Crippen LogP contribution in [0, 0.1) is 0 Å². The molecule has 0 unspecified atom stereocenters. The summed E-state index contributed by atoms with van der Waals surface area (Å²) in [5.74, 6) is 0. The predicted octanol–water partition coefficient (Wildman–Crippen LogP) is 6.78. The van der Waals surface area contributed by atoms with Gasteiger partial charge in [0.1, 0.15) is 0 Å². The molecule has 26 heavy (non-hydrogen) atoms. The fourth-order valence-corrected chi connectivity index (χ4v) is 3.39. The van der Waals surface area contributed by atoms with E-state index in [-0.39, 0.29) is 0 Å². The molecular formula is C24H28N2. The summed E-state index contributed by atoms with van der Waals surface area (Å²) < 4.78 is 0. The largest absolute Gasteiger partial charge is 0.370 e. The zero-order valence-electron chi connectivity index (χ0n) is 15.8. The molecule has 0 aromatic heterocycles. The lowest BCUT2D eigenvalue weighted by Gasteiger charge is -2.32. The fourth-order valence-electron chi connectivity index (χ4n) is 3.39. The van der Waals surface area contributed by atoms with Gasteiger partial charge in [0.25, 0.3) is 0 Å². The lowest BCUT2D eigenvalue weighted by atomic mass is 10.1. The van der Waals surface area contributed by atoms with Crippen LogP contribution in [0.2, 0.25) is 0 Å². The Morgan fingerprint density at radius 1 is 0.538 bits per heavy atom. The Balaban J connectivity index is 2.13. The maximum Gasteiger partial charge on any atom is 0.0695 e. The monoisotopic (exact) mass is 344 g/mol.